The first-order chi connectivity index (χ1) is 21.3. The monoisotopic (exact) mass is 620 g/mol. The quantitative estimate of drug-likeness (QED) is 0.311. The molecule has 5 rings (SSSR count). The van der Waals surface area contributed by atoms with Crippen LogP contribution in [0, 0.1) is 12.8 Å². The van der Waals surface area contributed by atoms with Crippen LogP contribution >= 0.6 is 0 Å². The molecule has 2 aromatic rings. The summed E-state index contributed by atoms with van der Waals surface area (Å²) in [5, 5.41) is 0. The molecular weight excluding hydrogens is 557 g/mol. The van der Waals surface area contributed by atoms with Crippen LogP contribution in [0.1, 0.15) is 90.7 Å². The summed E-state index contributed by atoms with van der Waals surface area (Å²) in [6.45, 7) is 21.1. The summed E-state index contributed by atoms with van der Waals surface area (Å²) in [5.74, 6) is 1.67. The van der Waals surface area contributed by atoms with Gasteiger partial charge in [0.25, 0.3) is 0 Å². The Morgan fingerprint density at radius 3 is 2.09 bits per heavy atom. The van der Waals surface area contributed by atoms with E-state index in [1.165, 1.54) is 61.9 Å². The van der Waals surface area contributed by atoms with Crippen molar-refractivity contribution in [3.05, 3.63) is 102 Å². The van der Waals surface area contributed by atoms with Gasteiger partial charge in [-0.1, -0.05) is 126 Å². The second-order valence-corrected chi connectivity index (χ2v) is 13.6. The van der Waals surface area contributed by atoms with Crippen molar-refractivity contribution < 1.29 is 4.21 Å². The summed E-state index contributed by atoms with van der Waals surface area (Å²) in [6.07, 6.45) is 17.2. The predicted molar refractivity (Wildman–Crippen MR) is 197 cm³/mol. The molecule has 2 saturated heterocycles. The third kappa shape index (κ3) is 14.2. The average molecular weight is 621 g/mol. The van der Waals surface area contributed by atoms with E-state index in [1.54, 1.807) is 0 Å². The lowest BCUT2D eigenvalue weighted by Crippen LogP contribution is -2.41. The molecule has 0 aliphatic carbocycles. The molecule has 0 bridgehead atoms. The number of fused-ring (bicyclic) bond motifs is 2. The highest BCUT2D eigenvalue weighted by Crippen LogP contribution is 2.44. The third-order valence-corrected chi connectivity index (χ3v) is 10.1. The number of likely N-dealkylation sites (tertiary alicyclic amines) is 2. The summed E-state index contributed by atoms with van der Waals surface area (Å²) in [5.41, 5.74) is 4.31. The molecule has 2 atom stereocenters. The Hall–Kier alpha value is -2.27. The van der Waals surface area contributed by atoms with E-state index in [2.05, 4.69) is 101 Å². The number of nitrogens with zero attached hydrogens (tertiary/aromatic N) is 2. The fourth-order valence-electron chi connectivity index (χ4n) is 5.83. The van der Waals surface area contributed by atoms with Crippen LogP contribution in [-0.4, -0.2) is 60.0 Å². The average Bonchev–Trinajstić information content (AvgIpc) is 3.32. The first kappa shape index (κ1) is 39.8. The Morgan fingerprint density at radius 1 is 0.955 bits per heavy atom. The summed E-state index contributed by atoms with van der Waals surface area (Å²) in [7, 11) is 3.63. The smallest absolute Gasteiger partial charge is 0.0541 e. The van der Waals surface area contributed by atoms with Crippen LogP contribution in [-0.2, 0) is 16.2 Å². The van der Waals surface area contributed by atoms with Crippen LogP contribution in [0.25, 0.3) is 0 Å². The lowest BCUT2D eigenvalue weighted by Gasteiger charge is -2.37. The van der Waals surface area contributed by atoms with E-state index in [4.69, 9.17) is 0 Å². The molecule has 3 heterocycles. The van der Waals surface area contributed by atoms with E-state index in [-0.39, 0.29) is 5.41 Å². The first-order valence-corrected chi connectivity index (χ1v) is 18.4. The van der Waals surface area contributed by atoms with Crippen molar-refractivity contribution in [3.63, 3.8) is 0 Å². The molecule has 1 unspecified atom stereocenters. The van der Waals surface area contributed by atoms with Crippen LogP contribution in [0.15, 0.2) is 95.9 Å². The molecule has 3 aliphatic rings. The van der Waals surface area contributed by atoms with Crippen LogP contribution in [0.5, 0.6) is 0 Å². The lowest BCUT2D eigenvalue weighted by molar-refractivity contribution is 0.203. The minimum absolute atomic E-state index is 0.216. The van der Waals surface area contributed by atoms with Gasteiger partial charge in [0.2, 0.25) is 0 Å². The van der Waals surface area contributed by atoms with Gasteiger partial charge in [-0.05, 0) is 103 Å². The molecule has 2 aromatic carbocycles. The highest BCUT2D eigenvalue weighted by molar-refractivity contribution is 7.85. The van der Waals surface area contributed by atoms with Gasteiger partial charge in [-0.25, -0.2) is 0 Å². The molecule has 0 amide bonds. The van der Waals surface area contributed by atoms with E-state index in [1.807, 2.05) is 50.3 Å². The van der Waals surface area contributed by atoms with Crippen molar-refractivity contribution in [2.24, 2.45) is 5.92 Å². The van der Waals surface area contributed by atoms with Crippen molar-refractivity contribution in [1.29, 1.82) is 0 Å². The Morgan fingerprint density at radius 2 is 1.57 bits per heavy atom. The summed E-state index contributed by atoms with van der Waals surface area (Å²) >= 11 is 0. The third-order valence-electron chi connectivity index (χ3n) is 8.45. The predicted octanol–water partition coefficient (Wildman–Crippen LogP) is 10.0. The number of hydrogen-bond donors (Lipinski definition) is 0. The minimum Gasteiger partial charge on any atom is -0.306 e. The normalized spacial score (nSPS) is 20.9. The first-order valence-electron chi connectivity index (χ1n) is 17.1. The topological polar surface area (TPSA) is 23.6 Å². The zero-order valence-corrected chi connectivity index (χ0v) is 30.3. The van der Waals surface area contributed by atoms with Crippen molar-refractivity contribution in [3.8, 4) is 0 Å². The van der Waals surface area contributed by atoms with E-state index < -0.39 is 10.8 Å². The maximum Gasteiger partial charge on any atom is 0.0541 e. The lowest BCUT2D eigenvalue weighted by atomic mass is 9.75. The van der Waals surface area contributed by atoms with Gasteiger partial charge in [0, 0.05) is 22.6 Å². The number of allylic oxidation sites excluding steroid dienone is 5. The molecule has 0 saturated carbocycles. The van der Waals surface area contributed by atoms with Gasteiger partial charge in [0.1, 0.15) is 0 Å². The maximum atomic E-state index is 12.1. The summed E-state index contributed by atoms with van der Waals surface area (Å²) in [4.78, 5) is 5.90. The molecule has 44 heavy (non-hydrogen) atoms. The standard InChI is InChI=1S/C14H23N.C13H17NOS.C7H8.C4H10.C2H6/c1-4-7-13(8-5-2)11-14-9-6-10-15(3)12-14;1-14-8-6-13(7-9-14)10-16(15)12-5-3-2-4-11(12)13;1-7-5-3-2-4-6-7;1-3-4-2;1-2/h4-5,7-8,14H,1,6,9-12H2,2-3H3;2-5H,6-10H2,1H3;2-6H,1H3;3-4H2,1-2H3;1-2H3/b8-5-,13-7+;;;;/t14-;;;;/m1..../s1. The van der Waals surface area contributed by atoms with E-state index in [0.717, 1.165) is 42.5 Å². The number of hydrogen-bond acceptors (Lipinski definition) is 3. The van der Waals surface area contributed by atoms with Crippen LogP contribution < -0.4 is 0 Å². The highest BCUT2D eigenvalue weighted by atomic mass is 32.2. The summed E-state index contributed by atoms with van der Waals surface area (Å²) < 4.78 is 12.1. The molecule has 2 fully saturated rings. The molecule has 0 radical (unpaired) electrons. The van der Waals surface area contributed by atoms with Gasteiger partial charge in [0.05, 0.1) is 10.8 Å². The minimum atomic E-state index is -0.764. The molecule has 0 N–H and O–H groups in total. The van der Waals surface area contributed by atoms with Crippen LogP contribution in [0.2, 0.25) is 0 Å². The molecule has 3 nitrogen and oxygen atoms in total. The fraction of sp³-hybridized carbons (Fsp3) is 0.550. The SMILES string of the molecule is C=C/C=C(\C=C/C)C[C@H]1CCCN(C)C1.CC.CCCC.CN1CCC2(CC1)CS(=O)c1ccccc12.Cc1ccccc1. The van der Waals surface area contributed by atoms with Gasteiger partial charge >= 0.3 is 0 Å². The zero-order valence-electron chi connectivity index (χ0n) is 29.5. The van der Waals surface area contributed by atoms with Crippen molar-refractivity contribution in [2.45, 2.75) is 96.8 Å². The van der Waals surface area contributed by atoms with Gasteiger partial charge in [0.15, 0.2) is 0 Å². The zero-order chi connectivity index (χ0) is 32.8. The number of piperidine rings is 2. The Bertz CT molecular complexity index is 1110. The Labute approximate surface area is 275 Å². The molecule has 1 spiro atoms. The molecule has 0 aromatic heterocycles. The maximum absolute atomic E-state index is 12.1. The second-order valence-electron chi connectivity index (χ2n) is 12.2. The Balaban J connectivity index is 0.000000319. The molecule has 246 valence electrons. The van der Waals surface area contributed by atoms with E-state index in [0.29, 0.717) is 0 Å². The molecule has 4 heteroatoms. The molecule has 3 aliphatic heterocycles. The van der Waals surface area contributed by atoms with E-state index in [9.17, 15) is 4.21 Å². The number of aryl methyl sites for hydroxylation is 1. The van der Waals surface area contributed by atoms with Gasteiger partial charge < -0.3 is 9.80 Å². The van der Waals surface area contributed by atoms with Crippen LogP contribution in [0.3, 0.4) is 0 Å². The second kappa shape index (κ2) is 23.1. The van der Waals surface area contributed by atoms with Crippen molar-refractivity contribution in [2.75, 3.05) is 46.0 Å². The number of unbranched alkanes of at least 4 members (excludes halogenated alkanes) is 1. The molecular formula is C40H64N2OS. The fourth-order valence-corrected chi connectivity index (χ4v) is 7.70. The van der Waals surface area contributed by atoms with Crippen LogP contribution in [0.4, 0.5) is 0 Å². The van der Waals surface area contributed by atoms with E-state index >= 15 is 0 Å². The highest BCUT2D eigenvalue weighted by Gasteiger charge is 2.43. The van der Waals surface area contributed by atoms with Gasteiger partial charge in [-0.15, -0.1) is 0 Å². The Kier molecular flexibility index (Phi) is 20.9. The number of rotatable bonds is 5. The van der Waals surface area contributed by atoms with Gasteiger partial charge in [-0.3, -0.25) is 4.21 Å². The number of benzene rings is 2. The largest absolute Gasteiger partial charge is 0.306 e. The van der Waals surface area contributed by atoms with Crippen molar-refractivity contribution >= 4 is 10.8 Å². The van der Waals surface area contributed by atoms with Crippen molar-refractivity contribution in [1.82, 2.24) is 9.80 Å². The van der Waals surface area contributed by atoms with Gasteiger partial charge in [-0.2, -0.15) is 0 Å². The summed E-state index contributed by atoms with van der Waals surface area (Å²) in [6, 6.07) is 18.6.